The average Bonchev–Trinajstić information content (AvgIpc) is 2.88. The Balaban J connectivity index is 2.08. The topological polar surface area (TPSA) is 64.4 Å². The molecule has 0 saturated carbocycles. The number of benzene rings is 1. The minimum atomic E-state index is -4.40. The van der Waals surface area contributed by atoms with Crippen molar-refractivity contribution >= 4 is 5.97 Å². The fourth-order valence-electron chi connectivity index (χ4n) is 1.83. The maximum absolute atomic E-state index is 12.4. The molecule has 8 heteroatoms. The molecule has 0 atom stereocenters. The van der Waals surface area contributed by atoms with E-state index in [9.17, 15) is 18.0 Å². The smallest absolute Gasteiger partial charge is 0.416 e. The molecule has 5 nitrogen and oxygen atoms in total. The van der Waals surface area contributed by atoms with Gasteiger partial charge in [0, 0.05) is 12.7 Å². The number of hydrogen-bond donors (Lipinski definition) is 1. The van der Waals surface area contributed by atoms with Crippen LogP contribution in [-0.2, 0) is 19.3 Å². The van der Waals surface area contributed by atoms with E-state index in [1.807, 2.05) is 6.92 Å². The number of imidazole rings is 1. The first kappa shape index (κ1) is 15.9. The number of halogens is 3. The number of nitrogens with zero attached hydrogens (tertiary/aromatic N) is 2. The molecule has 1 N–H and O–H groups in total. The highest BCUT2D eigenvalue weighted by Gasteiger charge is 2.30. The van der Waals surface area contributed by atoms with Crippen LogP contribution in [0.15, 0.2) is 30.5 Å². The van der Waals surface area contributed by atoms with Gasteiger partial charge in [0.05, 0.1) is 5.56 Å². The second-order valence-corrected chi connectivity index (χ2v) is 4.44. The lowest BCUT2D eigenvalue weighted by Crippen LogP contribution is -2.06. The molecule has 0 bridgehead atoms. The first-order chi connectivity index (χ1) is 10.3. The molecule has 0 aliphatic rings. The molecule has 0 aliphatic carbocycles. The van der Waals surface area contributed by atoms with E-state index >= 15 is 0 Å². The van der Waals surface area contributed by atoms with Crippen molar-refractivity contribution < 1.29 is 27.8 Å². The second-order valence-electron chi connectivity index (χ2n) is 4.44. The van der Waals surface area contributed by atoms with E-state index in [4.69, 9.17) is 9.84 Å². The summed E-state index contributed by atoms with van der Waals surface area (Å²) in [6.45, 7) is 2.29. The summed E-state index contributed by atoms with van der Waals surface area (Å²) >= 11 is 0. The van der Waals surface area contributed by atoms with E-state index < -0.39 is 17.7 Å². The van der Waals surface area contributed by atoms with Crippen molar-refractivity contribution in [2.45, 2.75) is 26.3 Å². The van der Waals surface area contributed by atoms with Gasteiger partial charge in [-0.1, -0.05) is 0 Å². The van der Waals surface area contributed by atoms with Crippen molar-refractivity contribution in [1.29, 1.82) is 0 Å². The minimum absolute atomic E-state index is 0.0352. The van der Waals surface area contributed by atoms with Crippen LogP contribution in [0.4, 0.5) is 13.2 Å². The molecule has 0 unspecified atom stereocenters. The van der Waals surface area contributed by atoms with Gasteiger partial charge in [-0.15, -0.1) is 0 Å². The number of carboxylic acids is 1. The Bertz CT molecular complexity index is 663. The third-order valence-corrected chi connectivity index (χ3v) is 2.97. The molecular formula is C14H13F3N2O3. The SMILES string of the molecule is CCn1cc(C(=O)O)nc1COc1ccc(C(F)(F)F)cc1. The average molecular weight is 314 g/mol. The highest BCUT2D eigenvalue weighted by atomic mass is 19.4. The molecule has 0 radical (unpaired) electrons. The zero-order valence-corrected chi connectivity index (χ0v) is 11.6. The van der Waals surface area contributed by atoms with E-state index in [1.54, 1.807) is 4.57 Å². The van der Waals surface area contributed by atoms with Crippen molar-refractivity contribution in [2.24, 2.45) is 0 Å². The van der Waals surface area contributed by atoms with Crippen LogP contribution in [0.1, 0.15) is 28.8 Å². The van der Waals surface area contributed by atoms with E-state index in [0.717, 1.165) is 12.1 Å². The van der Waals surface area contributed by atoms with Crippen LogP contribution in [-0.4, -0.2) is 20.6 Å². The summed E-state index contributed by atoms with van der Waals surface area (Å²) < 4.78 is 44.3. The molecule has 1 aromatic heterocycles. The second kappa shape index (κ2) is 6.08. The first-order valence-electron chi connectivity index (χ1n) is 6.40. The fraction of sp³-hybridized carbons (Fsp3) is 0.286. The van der Waals surface area contributed by atoms with E-state index in [1.165, 1.54) is 18.3 Å². The predicted molar refractivity (Wildman–Crippen MR) is 70.6 cm³/mol. The van der Waals surface area contributed by atoms with Crippen LogP contribution < -0.4 is 4.74 Å². The van der Waals surface area contributed by atoms with Gasteiger partial charge in [0.15, 0.2) is 5.69 Å². The fourth-order valence-corrected chi connectivity index (χ4v) is 1.83. The molecule has 0 amide bonds. The van der Waals surface area contributed by atoms with Crippen molar-refractivity contribution in [2.75, 3.05) is 0 Å². The molecule has 1 heterocycles. The normalized spacial score (nSPS) is 11.5. The lowest BCUT2D eigenvalue weighted by molar-refractivity contribution is -0.137. The third kappa shape index (κ3) is 3.57. The summed E-state index contributed by atoms with van der Waals surface area (Å²) in [5, 5.41) is 8.89. The van der Waals surface area contributed by atoms with Crippen molar-refractivity contribution in [1.82, 2.24) is 9.55 Å². The van der Waals surface area contributed by atoms with Gasteiger partial charge in [-0.05, 0) is 31.2 Å². The van der Waals surface area contributed by atoms with Crippen LogP contribution >= 0.6 is 0 Å². The molecular weight excluding hydrogens is 301 g/mol. The number of carboxylic acid groups (broad SMARTS) is 1. The van der Waals surface area contributed by atoms with Crippen molar-refractivity contribution in [3.05, 3.63) is 47.5 Å². The monoisotopic (exact) mass is 314 g/mol. The van der Waals surface area contributed by atoms with E-state index in [-0.39, 0.29) is 18.1 Å². The summed E-state index contributed by atoms with van der Waals surface area (Å²) in [4.78, 5) is 14.8. The summed E-state index contributed by atoms with van der Waals surface area (Å²) in [7, 11) is 0. The standard InChI is InChI=1S/C14H13F3N2O3/c1-2-19-7-11(13(20)21)18-12(19)8-22-10-5-3-9(4-6-10)14(15,16)17/h3-7H,2,8H2,1H3,(H,20,21). The Kier molecular flexibility index (Phi) is 4.39. The summed E-state index contributed by atoms with van der Waals surface area (Å²) in [5.41, 5.74) is -0.865. The summed E-state index contributed by atoms with van der Waals surface area (Å²) in [6, 6.07) is 4.26. The molecule has 2 rings (SSSR count). The number of rotatable bonds is 5. The third-order valence-electron chi connectivity index (χ3n) is 2.97. The number of carbonyl (C=O) groups is 1. The zero-order valence-electron chi connectivity index (χ0n) is 11.6. The maximum Gasteiger partial charge on any atom is 0.416 e. The van der Waals surface area contributed by atoms with Crippen LogP contribution in [0, 0.1) is 0 Å². The van der Waals surface area contributed by atoms with Gasteiger partial charge < -0.3 is 14.4 Å². The molecule has 0 aliphatic heterocycles. The minimum Gasteiger partial charge on any atom is -0.486 e. The number of aryl methyl sites for hydroxylation is 1. The van der Waals surface area contributed by atoms with Crippen LogP contribution in [0.5, 0.6) is 5.75 Å². The lowest BCUT2D eigenvalue weighted by Gasteiger charge is -2.09. The Hall–Kier alpha value is -2.51. The summed E-state index contributed by atoms with van der Waals surface area (Å²) in [5.74, 6) is -0.515. The largest absolute Gasteiger partial charge is 0.486 e. The van der Waals surface area contributed by atoms with Crippen molar-refractivity contribution in [3.8, 4) is 5.75 Å². The quantitative estimate of drug-likeness (QED) is 0.920. The lowest BCUT2D eigenvalue weighted by atomic mass is 10.2. The Morgan fingerprint density at radius 3 is 2.45 bits per heavy atom. The van der Waals surface area contributed by atoms with Gasteiger partial charge in [0.1, 0.15) is 18.2 Å². The van der Waals surface area contributed by atoms with Gasteiger partial charge >= 0.3 is 12.1 Å². The van der Waals surface area contributed by atoms with Gasteiger partial charge in [0.2, 0.25) is 0 Å². The number of ether oxygens (including phenoxy) is 1. The predicted octanol–water partition coefficient (Wildman–Crippen LogP) is 3.20. The maximum atomic E-state index is 12.4. The van der Waals surface area contributed by atoms with Crippen molar-refractivity contribution in [3.63, 3.8) is 0 Å². The van der Waals surface area contributed by atoms with E-state index in [0.29, 0.717) is 12.4 Å². The Morgan fingerprint density at radius 1 is 1.32 bits per heavy atom. The number of aromatic nitrogens is 2. The number of alkyl halides is 3. The number of aromatic carboxylic acids is 1. The molecule has 0 spiro atoms. The van der Waals surface area contributed by atoms with Crippen LogP contribution in [0.2, 0.25) is 0 Å². The van der Waals surface area contributed by atoms with Gasteiger partial charge in [-0.25, -0.2) is 9.78 Å². The molecule has 22 heavy (non-hydrogen) atoms. The Morgan fingerprint density at radius 2 is 1.95 bits per heavy atom. The van der Waals surface area contributed by atoms with Crippen LogP contribution in [0.3, 0.4) is 0 Å². The van der Waals surface area contributed by atoms with Gasteiger partial charge in [-0.2, -0.15) is 13.2 Å². The first-order valence-corrected chi connectivity index (χ1v) is 6.40. The van der Waals surface area contributed by atoms with Gasteiger partial charge in [0.25, 0.3) is 0 Å². The molecule has 1 aromatic carbocycles. The molecule has 0 fully saturated rings. The summed E-state index contributed by atoms with van der Waals surface area (Å²) in [6.07, 6.45) is -3.01. The van der Waals surface area contributed by atoms with E-state index in [2.05, 4.69) is 4.98 Å². The Labute approximate surface area is 124 Å². The molecule has 2 aromatic rings. The molecule has 0 saturated heterocycles. The van der Waals surface area contributed by atoms with Gasteiger partial charge in [-0.3, -0.25) is 0 Å². The highest BCUT2D eigenvalue weighted by Crippen LogP contribution is 2.30. The number of hydrogen-bond acceptors (Lipinski definition) is 3. The molecule has 118 valence electrons. The highest BCUT2D eigenvalue weighted by molar-refractivity contribution is 5.85. The van der Waals surface area contributed by atoms with Crippen LogP contribution in [0.25, 0.3) is 0 Å². The zero-order chi connectivity index (χ0) is 16.3.